The number of hydrogen-bond acceptors (Lipinski definition) is 5. The molecule has 1 atom stereocenters. The van der Waals surface area contributed by atoms with Crippen LogP contribution in [0.3, 0.4) is 0 Å². The first-order valence-corrected chi connectivity index (χ1v) is 11.9. The number of aliphatic hydroxyl groups excluding tert-OH is 1. The topological polar surface area (TPSA) is 76.1 Å². The van der Waals surface area contributed by atoms with E-state index in [0.29, 0.717) is 43.2 Å². The maximum atomic E-state index is 13.3. The number of amides is 1. The number of aliphatic hydroxyl groups is 1. The van der Waals surface area contributed by atoms with Crippen molar-refractivity contribution < 1.29 is 24.2 Å². The molecule has 2 heterocycles. The Labute approximate surface area is 204 Å². The Morgan fingerprint density at radius 2 is 1.63 bits per heavy atom. The third kappa shape index (κ3) is 4.39. The van der Waals surface area contributed by atoms with Crippen LogP contribution in [-0.4, -0.2) is 41.5 Å². The number of carbonyl (C=O) groups is 2. The fourth-order valence-corrected chi connectivity index (χ4v) is 4.63. The molecule has 0 saturated carbocycles. The summed E-state index contributed by atoms with van der Waals surface area (Å²) in [7, 11) is 0. The third-order valence-corrected chi connectivity index (χ3v) is 6.54. The number of hydrogen-bond donors (Lipinski definition) is 1. The summed E-state index contributed by atoms with van der Waals surface area (Å²) in [6.45, 7) is 3.29. The van der Waals surface area contributed by atoms with Crippen molar-refractivity contribution in [3.8, 4) is 11.5 Å². The van der Waals surface area contributed by atoms with Gasteiger partial charge in [0.15, 0.2) is 11.5 Å². The van der Waals surface area contributed by atoms with E-state index >= 15 is 0 Å². The zero-order valence-corrected chi connectivity index (χ0v) is 19.6. The van der Waals surface area contributed by atoms with E-state index in [1.165, 1.54) is 0 Å². The summed E-state index contributed by atoms with van der Waals surface area (Å²) in [5.74, 6) is -0.419. The molecular formula is C29H27NO5. The fourth-order valence-electron chi connectivity index (χ4n) is 4.63. The smallest absolute Gasteiger partial charge is 0.295 e. The maximum absolute atomic E-state index is 13.3. The highest BCUT2D eigenvalue weighted by Crippen LogP contribution is 2.41. The molecule has 3 aromatic rings. The number of Topliss-reactive ketones (excluding diaryl/α,β-unsaturated/α-hetero) is 1. The van der Waals surface area contributed by atoms with Gasteiger partial charge in [-0.15, -0.1) is 0 Å². The Morgan fingerprint density at radius 1 is 0.914 bits per heavy atom. The van der Waals surface area contributed by atoms with E-state index in [2.05, 4.69) is 6.92 Å². The monoisotopic (exact) mass is 469 g/mol. The van der Waals surface area contributed by atoms with Gasteiger partial charge in [0, 0.05) is 12.1 Å². The zero-order chi connectivity index (χ0) is 24.4. The highest BCUT2D eigenvalue weighted by atomic mass is 16.6. The fraction of sp³-hybridized carbons (Fsp3) is 0.241. The van der Waals surface area contributed by atoms with Gasteiger partial charge in [0.25, 0.3) is 11.7 Å². The molecule has 0 aliphatic carbocycles. The van der Waals surface area contributed by atoms with Gasteiger partial charge < -0.3 is 19.5 Å². The molecule has 2 aliphatic rings. The van der Waals surface area contributed by atoms with Gasteiger partial charge in [-0.1, -0.05) is 61.5 Å². The van der Waals surface area contributed by atoms with E-state index in [-0.39, 0.29) is 11.3 Å². The van der Waals surface area contributed by atoms with Crippen LogP contribution in [-0.2, 0) is 22.4 Å². The van der Waals surface area contributed by atoms with Gasteiger partial charge >= 0.3 is 0 Å². The minimum absolute atomic E-state index is 0.0870. The lowest BCUT2D eigenvalue weighted by Crippen LogP contribution is -2.31. The number of rotatable bonds is 6. The first-order chi connectivity index (χ1) is 17.1. The number of fused-ring (bicyclic) bond motifs is 1. The standard InChI is InChI=1S/C29H27NO5/c1-2-19-8-10-21(11-9-19)26-25(27(31)22-12-13-23-24(18-22)35-17-16-34-23)28(32)29(33)30(26)15-14-20-6-4-3-5-7-20/h3-13,18,26,31H,2,14-17H2,1H3/b27-25+/t26-/m0/s1. The zero-order valence-electron chi connectivity index (χ0n) is 19.6. The quantitative estimate of drug-likeness (QED) is 0.322. The molecule has 0 radical (unpaired) electrons. The molecule has 1 saturated heterocycles. The molecular weight excluding hydrogens is 442 g/mol. The summed E-state index contributed by atoms with van der Waals surface area (Å²) in [6, 6.07) is 22.1. The summed E-state index contributed by atoms with van der Waals surface area (Å²) < 4.78 is 11.2. The molecule has 178 valence electrons. The lowest BCUT2D eigenvalue weighted by atomic mass is 9.94. The van der Waals surface area contributed by atoms with Crippen LogP contribution in [0.25, 0.3) is 5.76 Å². The van der Waals surface area contributed by atoms with Crippen LogP contribution in [0.15, 0.2) is 78.4 Å². The van der Waals surface area contributed by atoms with Gasteiger partial charge in [-0.05, 0) is 47.7 Å². The largest absolute Gasteiger partial charge is 0.507 e. The molecule has 35 heavy (non-hydrogen) atoms. The summed E-state index contributed by atoms with van der Waals surface area (Å²) in [4.78, 5) is 28.0. The van der Waals surface area contributed by atoms with Crippen LogP contribution in [0.2, 0.25) is 0 Å². The molecule has 6 nitrogen and oxygen atoms in total. The van der Waals surface area contributed by atoms with Gasteiger partial charge in [-0.3, -0.25) is 9.59 Å². The van der Waals surface area contributed by atoms with Crippen LogP contribution in [0.4, 0.5) is 0 Å². The van der Waals surface area contributed by atoms with Crippen LogP contribution in [0.1, 0.15) is 35.2 Å². The third-order valence-electron chi connectivity index (χ3n) is 6.54. The van der Waals surface area contributed by atoms with Crippen molar-refractivity contribution in [3.05, 3.63) is 101 Å². The molecule has 1 amide bonds. The molecule has 0 spiro atoms. The summed E-state index contributed by atoms with van der Waals surface area (Å²) >= 11 is 0. The molecule has 3 aromatic carbocycles. The van der Waals surface area contributed by atoms with Crippen molar-refractivity contribution in [1.29, 1.82) is 0 Å². The predicted molar refractivity (Wildman–Crippen MR) is 132 cm³/mol. The van der Waals surface area contributed by atoms with Crippen LogP contribution in [0.5, 0.6) is 11.5 Å². The Hall–Kier alpha value is -4.06. The van der Waals surface area contributed by atoms with E-state index in [1.54, 1.807) is 23.1 Å². The number of ether oxygens (including phenoxy) is 2. The second kappa shape index (κ2) is 9.66. The molecule has 0 bridgehead atoms. The summed E-state index contributed by atoms with van der Waals surface area (Å²) in [6.07, 6.45) is 1.48. The first-order valence-electron chi connectivity index (χ1n) is 11.9. The first kappa shape index (κ1) is 22.7. The van der Waals surface area contributed by atoms with Crippen molar-refractivity contribution in [2.24, 2.45) is 0 Å². The van der Waals surface area contributed by atoms with Gasteiger partial charge in [-0.2, -0.15) is 0 Å². The van der Waals surface area contributed by atoms with Crippen LogP contribution in [0, 0.1) is 0 Å². The number of aryl methyl sites for hydroxylation is 1. The molecule has 2 aliphatic heterocycles. The number of likely N-dealkylation sites (tertiary alicyclic amines) is 1. The molecule has 6 heteroatoms. The molecule has 1 fully saturated rings. The minimum atomic E-state index is -0.685. The Bertz CT molecular complexity index is 1280. The Kier molecular flexibility index (Phi) is 6.27. The Balaban J connectivity index is 1.57. The average molecular weight is 470 g/mol. The van der Waals surface area contributed by atoms with E-state index in [9.17, 15) is 14.7 Å². The van der Waals surface area contributed by atoms with Crippen molar-refractivity contribution in [1.82, 2.24) is 4.90 Å². The van der Waals surface area contributed by atoms with E-state index in [4.69, 9.17) is 9.47 Å². The van der Waals surface area contributed by atoms with Crippen LogP contribution < -0.4 is 9.47 Å². The SMILES string of the molecule is CCc1ccc([C@H]2/C(=C(\O)c3ccc4c(c3)OCCO4)C(=O)C(=O)N2CCc2ccccc2)cc1. The van der Waals surface area contributed by atoms with Gasteiger partial charge in [-0.25, -0.2) is 0 Å². The lowest BCUT2D eigenvalue weighted by molar-refractivity contribution is -0.139. The van der Waals surface area contributed by atoms with E-state index in [0.717, 1.165) is 23.1 Å². The number of benzene rings is 3. The van der Waals surface area contributed by atoms with Crippen molar-refractivity contribution in [2.75, 3.05) is 19.8 Å². The summed E-state index contributed by atoms with van der Waals surface area (Å²) in [5.41, 5.74) is 3.51. The van der Waals surface area contributed by atoms with E-state index in [1.807, 2.05) is 54.6 Å². The van der Waals surface area contributed by atoms with Crippen molar-refractivity contribution in [2.45, 2.75) is 25.8 Å². The van der Waals surface area contributed by atoms with Gasteiger partial charge in [0.1, 0.15) is 19.0 Å². The van der Waals surface area contributed by atoms with Crippen molar-refractivity contribution in [3.63, 3.8) is 0 Å². The molecule has 5 rings (SSSR count). The lowest BCUT2D eigenvalue weighted by Gasteiger charge is -2.26. The van der Waals surface area contributed by atoms with Crippen LogP contribution >= 0.6 is 0 Å². The Morgan fingerprint density at radius 3 is 2.34 bits per heavy atom. The number of ketones is 1. The maximum Gasteiger partial charge on any atom is 0.295 e. The van der Waals surface area contributed by atoms with Gasteiger partial charge in [0.2, 0.25) is 0 Å². The molecule has 0 aromatic heterocycles. The normalized spacial score (nSPS) is 18.7. The molecule has 1 N–H and O–H groups in total. The number of carbonyl (C=O) groups excluding carboxylic acids is 2. The highest BCUT2D eigenvalue weighted by Gasteiger charge is 2.45. The minimum Gasteiger partial charge on any atom is -0.507 e. The highest BCUT2D eigenvalue weighted by molar-refractivity contribution is 6.46. The average Bonchev–Trinajstić information content (AvgIpc) is 3.16. The number of nitrogens with zero attached hydrogens (tertiary/aromatic N) is 1. The van der Waals surface area contributed by atoms with Crippen molar-refractivity contribution >= 4 is 17.4 Å². The second-order valence-electron chi connectivity index (χ2n) is 8.68. The van der Waals surface area contributed by atoms with Gasteiger partial charge in [0.05, 0.1) is 11.6 Å². The summed E-state index contributed by atoms with van der Waals surface area (Å²) in [5, 5.41) is 11.3. The second-order valence-corrected chi connectivity index (χ2v) is 8.68. The predicted octanol–water partition coefficient (Wildman–Crippen LogP) is 4.68. The molecule has 0 unspecified atom stereocenters. The van der Waals surface area contributed by atoms with E-state index < -0.39 is 17.7 Å².